The average molecular weight is 242 g/mol. The smallest absolute Gasteiger partial charge is 0.233 e. The van der Waals surface area contributed by atoms with Gasteiger partial charge in [-0.15, -0.1) is 0 Å². The molecule has 0 aliphatic carbocycles. The van der Waals surface area contributed by atoms with Gasteiger partial charge in [-0.1, -0.05) is 6.92 Å². The van der Waals surface area contributed by atoms with Crippen molar-refractivity contribution >= 4 is 5.91 Å². The van der Waals surface area contributed by atoms with Crippen molar-refractivity contribution in [3.05, 3.63) is 0 Å². The van der Waals surface area contributed by atoms with Crippen LogP contribution in [0, 0.1) is 0 Å². The molecule has 1 heterocycles. The summed E-state index contributed by atoms with van der Waals surface area (Å²) >= 11 is 0. The normalized spacial score (nSPS) is 17.4. The topological polar surface area (TPSA) is 70.4 Å². The Morgan fingerprint density at radius 2 is 2.12 bits per heavy atom. The molecule has 0 spiro atoms. The number of nitrogens with two attached hydrogens (primary N) is 1. The maximum atomic E-state index is 11.1. The highest BCUT2D eigenvalue weighted by atomic mass is 16.2. The second kappa shape index (κ2) is 8.44. The summed E-state index contributed by atoms with van der Waals surface area (Å²) < 4.78 is 0. The summed E-state index contributed by atoms with van der Waals surface area (Å²) in [5.74, 6) is 5.01. The van der Waals surface area contributed by atoms with Crippen molar-refractivity contribution in [3.63, 3.8) is 0 Å². The third-order valence-corrected chi connectivity index (χ3v) is 3.35. The largest absolute Gasteiger partial charge is 0.317 e. The molecule has 0 radical (unpaired) electrons. The van der Waals surface area contributed by atoms with E-state index in [0.717, 1.165) is 32.6 Å². The molecule has 1 aliphatic heterocycles. The first-order chi connectivity index (χ1) is 8.27. The molecule has 5 heteroatoms. The third kappa shape index (κ3) is 5.48. The minimum Gasteiger partial charge on any atom is -0.317 e. The standard InChI is InChI=1S/C12H26N4O/c1-2-9-16(10-3-4-12(17)15-13)11-5-7-14-8-6-11/h11,14H,2-10,13H2,1H3,(H,15,17). The summed E-state index contributed by atoms with van der Waals surface area (Å²) in [5, 5.41) is 3.39. The Hall–Kier alpha value is -0.650. The van der Waals surface area contributed by atoms with E-state index in [1.165, 1.54) is 19.3 Å². The second-order valence-corrected chi connectivity index (χ2v) is 4.69. The van der Waals surface area contributed by atoms with Gasteiger partial charge in [-0.25, -0.2) is 5.84 Å². The van der Waals surface area contributed by atoms with Gasteiger partial charge in [-0.2, -0.15) is 0 Å². The zero-order chi connectivity index (χ0) is 12.5. The van der Waals surface area contributed by atoms with Gasteiger partial charge in [0.05, 0.1) is 0 Å². The van der Waals surface area contributed by atoms with Gasteiger partial charge in [-0.3, -0.25) is 10.2 Å². The Kier molecular flexibility index (Phi) is 7.16. The minimum atomic E-state index is -0.0632. The number of piperidine rings is 1. The van der Waals surface area contributed by atoms with Crippen LogP contribution in [-0.2, 0) is 4.79 Å². The zero-order valence-electron chi connectivity index (χ0n) is 10.9. The highest BCUT2D eigenvalue weighted by Crippen LogP contribution is 2.13. The molecule has 0 bridgehead atoms. The van der Waals surface area contributed by atoms with E-state index in [2.05, 4.69) is 22.6 Å². The van der Waals surface area contributed by atoms with Crippen LogP contribution in [0.15, 0.2) is 0 Å². The summed E-state index contributed by atoms with van der Waals surface area (Å²) in [7, 11) is 0. The Labute approximate surface area is 104 Å². The van der Waals surface area contributed by atoms with E-state index in [4.69, 9.17) is 5.84 Å². The first kappa shape index (κ1) is 14.4. The first-order valence-electron chi connectivity index (χ1n) is 6.72. The van der Waals surface area contributed by atoms with E-state index >= 15 is 0 Å². The van der Waals surface area contributed by atoms with Crippen LogP contribution in [0.4, 0.5) is 0 Å². The lowest BCUT2D eigenvalue weighted by Crippen LogP contribution is -2.44. The van der Waals surface area contributed by atoms with Crippen molar-refractivity contribution in [1.82, 2.24) is 15.6 Å². The van der Waals surface area contributed by atoms with E-state index in [1.54, 1.807) is 0 Å². The molecule has 0 aromatic carbocycles. The van der Waals surface area contributed by atoms with Crippen LogP contribution in [-0.4, -0.2) is 43.0 Å². The fraction of sp³-hybridized carbons (Fsp3) is 0.917. The van der Waals surface area contributed by atoms with Gasteiger partial charge in [0.25, 0.3) is 0 Å². The molecule has 1 rings (SSSR count). The van der Waals surface area contributed by atoms with Crippen LogP contribution in [0.5, 0.6) is 0 Å². The van der Waals surface area contributed by atoms with Crippen LogP contribution in [0.2, 0.25) is 0 Å². The lowest BCUT2D eigenvalue weighted by molar-refractivity contribution is -0.121. The number of carbonyl (C=O) groups excluding carboxylic acids is 1. The summed E-state index contributed by atoms with van der Waals surface area (Å²) in [6.45, 7) is 6.59. The molecule has 5 nitrogen and oxygen atoms in total. The molecule has 1 amide bonds. The van der Waals surface area contributed by atoms with E-state index in [0.29, 0.717) is 12.5 Å². The number of carbonyl (C=O) groups is 1. The van der Waals surface area contributed by atoms with Crippen molar-refractivity contribution in [2.24, 2.45) is 5.84 Å². The number of nitrogens with one attached hydrogen (secondary N) is 2. The molecule has 1 fully saturated rings. The van der Waals surface area contributed by atoms with Gasteiger partial charge < -0.3 is 10.2 Å². The van der Waals surface area contributed by atoms with Crippen molar-refractivity contribution < 1.29 is 4.79 Å². The molecule has 17 heavy (non-hydrogen) atoms. The zero-order valence-corrected chi connectivity index (χ0v) is 10.9. The number of hydrazine groups is 1. The number of amides is 1. The highest BCUT2D eigenvalue weighted by Gasteiger charge is 2.19. The Morgan fingerprint density at radius 1 is 1.41 bits per heavy atom. The number of rotatable bonds is 7. The molecule has 0 saturated carbocycles. The molecular formula is C12H26N4O. The van der Waals surface area contributed by atoms with Crippen LogP contribution in [0.25, 0.3) is 0 Å². The lowest BCUT2D eigenvalue weighted by atomic mass is 10.0. The van der Waals surface area contributed by atoms with Gasteiger partial charge in [0.1, 0.15) is 0 Å². The highest BCUT2D eigenvalue weighted by molar-refractivity contribution is 5.75. The number of hydrogen-bond donors (Lipinski definition) is 3. The lowest BCUT2D eigenvalue weighted by Gasteiger charge is -2.34. The Bertz CT molecular complexity index is 217. The van der Waals surface area contributed by atoms with Gasteiger partial charge >= 0.3 is 0 Å². The third-order valence-electron chi connectivity index (χ3n) is 3.35. The fourth-order valence-corrected chi connectivity index (χ4v) is 2.45. The van der Waals surface area contributed by atoms with Gasteiger partial charge in [0, 0.05) is 12.5 Å². The molecular weight excluding hydrogens is 216 g/mol. The number of hydrogen-bond acceptors (Lipinski definition) is 4. The maximum absolute atomic E-state index is 11.1. The van der Waals surface area contributed by atoms with Crippen LogP contribution < -0.4 is 16.6 Å². The van der Waals surface area contributed by atoms with Gasteiger partial charge in [-0.05, 0) is 51.9 Å². The van der Waals surface area contributed by atoms with Gasteiger partial charge in [0.15, 0.2) is 0 Å². The van der Waals surface area contributed by atoms with Crippen LogP contribution in [0.1, 0.15) is 39.0 Å². The van der Waals surface area contributed by atoms with E-state index in [9.17, 15) is 4.79 Å². The SMILES string of the molecule is CCCN(CCCC(=O)NN)C1CCNCC1. The summed E-state index contributed by atoms with van der Waals surface area (Å²) in [4.78, 5) is 13.6. The fourth-order valence-electron chi connectivity index (χ4n) is 2.45. The second-order valence-electron chi connectivity index (χ2n) is 4.69. The van der Waals surface area contributed by atoms with Crippen LogP contribution >= 0.6 is 0 Å². The average Bonchev–Trinajstić information content (AvgIpc) is 2.38. The quantitative estimate of drug-likeness (QED) is 0.339. The molecule has 0 aromatic rings. The van der Waals surface area contributed by atoms with E-state index in [1.807, 2.05) is 0 Å². The molecule has 4 N–H and O–H groups in total. The summed E-state index contributed by atoms with van der Waals surface area (Å²) in [6.07, 6.45) is 5.05. The van der Waals surface area contributed by atoms with Crippen LogP contribution in [0.3, 0.4) is 0 Å². The monoisotopic (exact) mass is 242 g/mol. The predicted molar refractivity (Wildman–Crippen MR) is 69.3 cm³/mol. The van der Waals surface area contributed by atoms with Gasteiger partial charge in [0.2, 0.25) is 5.91 Å². The Balaban J connectivity index is 2.28. The van der Waals surface area contributed by atoms with Crippen molar-refractivity contribution in [1.29, 1.82) is 0 Å². The minimum absolute atomic E-state index is 0.0632. The Morgan fingerprint density at radius 3 is 2.71 bits per heavy atom. The molecule has 0 unspecified atom stereocenters. The molecule has 1 saturated heterocycles. The van der Waals surface area contributed by atoms with Crippen molar-refractivity contribution in [2.45, 2.75) is 45.1 Å². The predicted octanol–water partition coefficient (Wildman–Crippen LogP) is 0.221. The molecule has 0 aromatic heterocycles. The summed E-state index contributed by atoms with van der Waals surface area (Å²) in [5.41, 5.74) is 2.18. The van der Waals surface area contributed by atoms with E-state index in [-0.39, 0.29) is 5.91 Å². The molecule has 100 valence electrons. The molecule has 1 aliphatic rings. The van der Waals surface area contributed by atoms with Crippen molar-refractivity contribution in [2.75, 3.05) is 26.2 Å². The number of nitrogens with zero attached hydrogens (tertiary/aromatic N) is 1. The summed E-state index contributed by atoms with van der Waals surface area (Å²) in [6, 6.07) is 0.692. The van der Waals surface area contributed by atoms with Crippen molar-refractivity contribution in [3.8, 4) is 0 Å². The van der Waals surface area contributed by atoms with E-state index < -0.39 is 0 Å². The first-order valence-corrected chi connectivity index (χ1v) is 6.72. The molecule has 0 atom stereocenters. The maximum Gasteiger partial charge on any atom is 0.233 e.